The number of carbonyl (C=O) groups is 1. The molecule has 19 heavy (non-hydrogen) atoms. The lowest BCUT2D eigenvalue weighted by Crippen LogP contribution is -2.42. The molecule has 4 nitrogen and oxygen atoms in total. The molecule has 1 saturated heterocycles. The second-order valence-electron chi connectivity index (χ2n) is 5.51. The van der Waals surface area contributed by atoms with Crippen molar-refractivity contribution in [1.82, 2.24) is 4.90 Å². The highest BCUT2D eigenvalue weighted by molar-refractivity contribution is 5.97. The molecule has 2 atom stereocenters. The van der Waals surface area contributed by atoms with Crippen LogP contribution in [0.4, 0.5) is 0 Å². The Bertz CT molecular complexity index is 462. The normalized spacial score (nSPS) is 23.2. The molecule has 1 heterocycles. The number of benzene rings is 1. The minimum Gasteiger partial charge on any atom is -0.504 e. The van der Waals surface area contributed by atoms with Crippen LogP contribution < -0.4 is 4.74 Å². The van der Waals surface area contributed by atoms with Crippen molar-refractivity contribution >= 4 is 5.91 Å². The molecule has 4 heteroatoms. The maximum Gasteiger partial charge on any atom is 0.257 e. The summed E-state index contributed by atoms with van der Waals surface area (Å²) in [6.45, 7) is 5.81. The summed E-state index contributed by atoms with van der Waals surface area (Å²) < 4.78 is 5.04. The fourth-order valence-electron chi connectivity index (χ4n) is 2.86. The third kappa shape index (κ3) is 2.83. The van der Waals surface area contributed by atoms with Crippen molar-refractivity contribution in [2.24, 2.45) is 11.8 Å². The van der Waals surface area contributed by atoms with E-state index in [9.17, 15) is 9.90 Å². The van der Waals surface area contributed by atoms with Crippen molar-refractivity contribution in [3.8, 4) is 11.5 Å². The number of nitrogens with zero attached hydrogens (tertiary/aromatic N) is 1. The van der Waals surface area contributed by atoms with E-state index in [0.717, 1.165) is 19.5 Å². The van der Waals surface area contributed by atoms with Crippen LogP contribution in [0.2, 0.25) is 0 Å². The molecule has 1 aromatic carbocycles. The van der Waals surface area contributed by atoms with E-state index in [0.29, 0.717) is 23.1 Å². The molecule has 1 aliphatic rings. The Morgan fingerprint density at radius 2 is 1.95 bits per heavy atom. The van der Waals surface area contributed by atoms with Crippen LogP contribution in [0.5, 0.6) is 11.5 Å². The molecule has 0 spiro atoms. The molecular weight excluding hydrogens is 242 g/mol. The molecule has 1 amide bonds. The van der Waals surface area contributed by atoms with Crippen molar-refractivity contribution in [2.75, 3.05) is 20.2 Å². The van der Waals surface area contributed by atoms with E-state index < -0.39 is 0 Å². The average Bonchev–Trinajstić information content (AvgIpc) is 2.37. The van der Waals surface area contributed by atoms with Crippen molar-refractivity contribution in [3.63, 3.8) is 0 Å². The predicted octanol–water partition coefficient (Wildman–Crippen LogP) is 2.52. The first-order valence-electron chi connectivity index (χ1n) is 6.68. The van der Waals surface area contributed by atoms with Crippen LogP contribution in [0.1, 0.15) is 30.6 Å². The summed E-state index contributed by atoms with van der Waals surface area (Å²) >= 11 is 0. The Hall–Kier alpha value is -1.71. The van der Waals surface area contributed by atoms with Crippen molar-refractivity contribution in [2.45, 2.75) is 20.3 Å². The van der Waals surface area contributed by atoms with E-state index in [1.54, 1.807) is 18.2 Å². The number of carbonyl (C=O) groups excluding carboxylic acids is 1. The molecular formula is C15H21NO3. The zero-order valence-electron chi connectivity index (χ0n) is 11.7. The number of methoxy groups -OCH3 is 1. The van der Waals surface area contributed by atoms with Crippen LogP contribution in [-0.2, 0) is 0 Å². The molecule has 1 N–H and O–H groups in total. The van der Waals surface area contributed by atoms with Gasteiger partial charge in [-0.3, -0.25) is 4.79 Å². The Morgan fingerprint density at radius 1 is 1.32 bits per heavy atom. The summed E-state index contributed by atoms with van der Waals surface area (Å²) in [5, 5.41) is 10.0. The SMILES string of the molecule is COc1cccc(C(=O)N2CC(C)CC(C)C2)c1O. The van der Waals surface area contributed by atoms with Gasteiger partial charge in [0.05, 0.1) is 12.7 Å². The van der Waals surface area contributed by atoms with E-state index in [1.165, 1.54) is 7.11 Å². The highest BCUT2D eigenvalue weighted by Crippen LogP contribution is 2.31. The number of hydrogen-bond donors (Lipinski definition) is 1. The maximum atomic E-state index is 12.5. The fourth-order valence-corrected chi connectivity index (χ4v) is 2.86. The van der Waals surface area contributed by atoms with E-state index in [1.807, 2.05) is 4.90 Å². The molecule has 0 aromatic heterocycles. The number of aromatic hydroxyl groups is 1. The lowest BCUT2D eigenvalue weighted by Gasteiger charge is -2.35. The van der Waals surface area contributed by atoms with E-state index in [2.05, 4.69) is 13.8 Å². The molecule has 2 rings (SSSR count). The third-order valence-electron chi connectivity index (χ3n) is 3.61. The molecule has 1 aromatic rings. The number of phenolic OH excluding ortho intramolecular Hbond substituents is 1. The first-order valence-corrected chi connectivity index (χ1v) is 6.68. The highest BCUT2D eigenvalue weighted by Gasteiger charge is 2.28. The van der Waals surface area contributed by atoms with Gasteiger partial charge in [0.2, 0.25) is 0 Å². The minimum absolute atomic E-state index is 0.0686. The standard InChI is InChI=1S/C15H21NO3/c1-10-7-11(2)9-16(8-10)15(18)12-5-4-6-13(19-3)14(12)17/h4-6,10-11,17H,7-9H2,1-3H3. The Balaban J connectivity index is 2.24. The number of para-hydroxylation sites is 1. The Labute approximate surface area is 114 Å². The first-order chi connectivity index (χ1) is 9.02. The molecule has 0 bridgehead atoms. The van der Waals surface area contributed by atoms with Gasteiger partial charge >= 0.3 is 0 Å². The Kier molecular flexibility index (Phi) is 3.98. The summed E-state index contributed by atoms with van der Waals surface area (Å²) in [7, 11) is 1.48. The van der Waals surface area contributed by atoms with Gasteiger partial charge in [0, 0.05) is 13.1 Å². The third-order valence-corrected chi connectivity index (χ3v) is 3.61. The van der Waals surface area contributed by atoms with Crippen molar-refractivity contribution in [3.05, 3.63) is 23.8 Å². The monoisotopic (exact) mass is 263 g/mol. The fraction of sp³-hybridized carbons (Fsp3) is 0.533. The number of amides is 1. The second kappa shape index (κ2) is 5.51. The van der Waals surface area contributed by atoms with Gasteiger partial charge < -0.3 is 14.7 Å². The van der Waals surface area contributed by atoms with Crippen LogP contribution in [0, 0.1) is 11.8 Å². The molecule has 0 aliphatic carbocycles. The zero-order valence-corrected chi connectivity index (χ0v) is 11.7. The molecule has 1 fully saturated rings. The molecule has 2 unspecified atom stereocenters. The van der Waals surface area contributed by atoms with Gasteiger partial charge in [-0.05, 0) is 30.4 Å². The summed E-state index contributed by atoms with van der Waals surface area (Å²) in [4.78, 5) is 14.3. The van der Waals surface area contributed by atoms with Crippen LogP contribution in [0.15, 0.2) is 18.2 Å². The maximum absolute atomic E-state index is 12.5. The molecule has 104 valence electrons. The summed E-state index contributed by atoms with van der Waals surface area (Å²) in [5.74, 6) is 1.15. The van der Waals surface area contributed by atoms with Gasteiger partial charge in [-0.15, -0.1) is 0 Å². The number of piperidine rings is 1. The number of phenols is 1. The lowest BCUT2D eigenvalue weighted by molar-refractivity contribution is 0.0619. The van der Waals surface area contributed by atoms with Gasteiger partial charge in [-0.1, -0.05) is 19.9 Å². The Morgan fingerprint density at radius 3 is 2.53 bits per heavy atom. The predicted molar refractivity (Wildman–Crippen MR) is 73.5 cm³/mol. The zero-order chi connectivity index (χ0) is 14.0. The van der Waals surface area contributed by atoms with Crippen molar-refractivity contribution < 1.29 is 14.6 Å². The highest BCUT2D eigenvalue weighted by atomic mass is 16.5. The molecule has 0 saturated carbocycles. The van der Waals surface area contributed by atoms with Gasteiger partial charge in [0.1, 0.15) is 0 Å². The quantitative estimate of drug-likeness (QED) is 0.892. The smallest absolute Gasteiger partial charge is 0.257 e. The minimum atomic E-state index is -0.116. The second-order valence-corrected chi connectivity index (χ2v) is 5.51. The van der Waals surface area contributed by atoms with Crippen LogP contribution in [0.25, 0.3) is 0 Å². The number of ether oxygens (including phenoxy) is 1. The summed E-state index contributed by atoms with van der Waals surface area (Å²) in [6.07, 6.45) is 1.15. The van der Waals surface area contributed by atoms with Gasteiger partial charge in [-0.25, -0.2) is 0 Å². The first kappa shape index (κ1) is 13.7. The average molecular weight is 263 g/mol. The van der Waals surface area contributed by atoms with E-state index >= 15 is 0 Å². The molecule has 0 radical (unpaired) electrons. The van der Waals surface area contributed by atoms with Crippen LogP contribution in [-0.4, -0.2) is 36.1 Å². The molecule has 1 aliphatic heterocycles. The van der Waals surface area contributed by atoms with E-state index in [-0.39, 0.29) is 11.7 Å². The van der Waals surface area contributed by atoms with Gasteiger partial charge in [0.25, 0.3) is 5.91 Å². The lowest BCUT2D eigenvalue weighted by atomic mass is 9.91. The van der Waals surface area contributed by atoms with Crippen LogP contribution >= 0.6 is 0 Å². The largest absolute Gasteiger partial charge is 0.504 e. The number of rotatable bonds is 2. The summed E-state index contributed by atoms with van der Waals surface area (Å²) in [6, 6.07) is 5.01. The summed E-state index contributed by atoms with van der Waals surface area (Å²) in [5.41, 5.74) is 0.320. The van der Waals surface area contributed by atoms with Gasteiger partial charge in [-0.2, -0.15) is 0 Å². The number of hydrogen-bond acceptors (Lipinski definition) is 3. The van der Waals surface area contributed by atoms with Crippen LogP contribution in [0.3, 0.4) is 0 Å². The topological polar surface area (TPSA) is 49.8 Å². The number of likely N-dealkylation sites (tertiary alicyclic amines) is 1. The van der Waals surface area contributed by atoms with E-state index in [4.69, 9.17) is 4.74 Å². The van der Waals surface area contributed by atoms with Crippen molar-refractivity contribution in [1.29, 1.82) is 0 Å². The van der Waals surface area contributed by atoms with Gasteiger partial charge in [0.15, 0.2) is 11.5 Å².